The second-order valence-electron chi connectivity index (χ2n) is 11.8. The third kappa shape index (κ3) is 12.9. The van der Waals surface area contributed by atoms with Crippen LogP contribution in [0.3, 0.4) is 0 Å². The molecule has 0 bridgehead atoms. The number of hydrogen-bond donors (Lipinski definition) is 4. The number of oxazole rings is 1. The third-order valence-electron chi connectivity index (χ3n) is 7.82. The average Bonchev–Trinajstić information content (AvgIpc) is 3.79. The second-order valence-corrected chi connectivity index (χ2v) is 11.8. The highest BCUT2D eigenvalue weighted by Crippen LogP contribution is 2.26. The van der Waals surface area contributed by atoms with Gasteiger partial charge in [-0.2, -0.15) is 0 Å². The van der Waals surface area contributed by atoms with Crippen LogP contribution in [0, 0.1) is 5.41 Å². The number of amides is 3. The highest BCUT2D eigenvalue weighted by molar-refractivity contribution is 5.95. The quantitative estimate of drug-likeness (QED) is 0.126. The molecule has 4 atom stereocenters. The van der Waals surface area contributed by atoms with Gasteiger partial charge in [0.1, 0.15) is 12.4 Å². The number of aliphatic hydroxyl groups is 2. The number of aliphatic hydroxyl groups excluding tert-OH is 2. The summed E-state index contributed by atoms with van der Waals surface area (Å²) < 4.78 is 21.1. The Morgan fingerprint density at radius 1 is 1.10 bits per heavy atom. The van der Waals surface area contributed by atoms with E-state index in [0.717, 1.165) is 5.76 Å². The molecule has 268 valence electrons. The Hall–Kier alpha value is -4.40. The fourth-order valence-electron chi connectivity index (χ4n) is 4.62. The number of rotatable bonds is 19. The van der Waals surface area contributed by atoms with Gasteiger partial charge in [-0.1, -0.05) is 72.9 Å². The third-order valence-corrected chi connectivity index (χ3v) is 7.82. The van der Waals surface area contributed by atoms with Crippen molar-refractivity contribution in [3.8, 4) is 0 Å². The SMILES string of the molecule is COC(C)C(CO)N(C)C(=O)C1(NC(=O)C=CC=CC=CC=CCNC(=O)C(C)(C)C(O)C(C)=CC=CC=CCc2cnco2)COCO1. The monoisotopic (exact) mass is 682 g/mol. The molecule has 0 aliphatic carbocycles. The van der Waals surface area contributed by atoms with Crippen LogP contribution >= 0.6 is 0 Å². The molecule has 4 unspecified atom stereocenters. The fourth-order valence-corrected chi connectivity index (χ4v) is 4.62. The Balaban J connectivity index is 1.78. The molecule has 2 heterocycles. The molecule has 0 saturated carbocycles. The van der Waals surface area contributed by atoms with E-state index >= 15 is 0 Å². The zero-order chi connectivity index (χ0) is 36.3. The molecule has 1 aromatic rings. The maximum absolute atomic E-state index is 13.2. The number of ether oxygens (including phenoxy) is 3. The molecule has 13 nitrogen and oxygen atoms in total. The summed E-state index contributed by atoms with van der Waals surface area (Å²) in [6.45, 7) is 6.45. The Morgan fingerprint density at radius 3 is 2.41 bits per heavy atom. The summed E-state index contributed by atoms with van der Waals surface area (Å²) >= 11 is 0. The number of methoxy groups -OCH3 is 1. The Morgan fingerprint density at radius 2 is 1.78 bits per heavy atom. The van der Waals surface area contributed by atoms with Crippen LogP contribution in [-0.2, 0) is 35.0 Å². The van der Waals surface area contributed by atoms with Crippen molar-refractivity contribution < 1.29 is 43.2 Å². The van der Waals surface area contributed by atoms with E-state index in [1.165, 1.54) is 37.6 Å². The number of aromatic nitrogens is 1. The number of likely N-dealkylation sites (N-methyl/N-ethyl adjacent to an activating group) is 1. The molecule has 0 radical (unpaired) electrons. The van der Waals surface area contributed by atoms with Crippen molar-refractivity contribution >= 4 is 17.7 Å². The van der Waals surface area contributed by atoms with Crippen LogP contribution in [0.2, 0.25) is 0 Å². The van der Waals surface area contributed by atoms with Gasteiger partial charge in [0.25, 0.3) is 5.91 Å². The molecule has 1 saturated heterocycles. The van der Waals surface area contributed by atoms with Gasteiger partial charge in [0.05, 0.1) is 36.5 Å². The minimum Gasteiger partial charge on any atom is -0.448 e. The normalized spacial score (nSPS) is 19.6. The Labute approximate surface area is 288 Å². The van der Waals surface area contributed by atoms with Crippen molar-refractivity contribution in [3.63, 3.8) is 0 Å². The van der Waals surface area contributed by atoms with Crippen LogP contribution in [0.4, 0.5) is 0 Å². The summed E-state index contributed by atoms with van der Waals surface area (Å²) in [5.74, 6) is -0.665. The van der Waals surface area contributed by atoms with Gasteiger partial charge in [0, 0.05) is 33.2 Å². The predicted octanol–water partition coefficient (Wildman–Crippen LogP) is 2.67. The van der Waals surface area contributed by atoms with Crippen LogP contribution in [0.1, 0.15) is 33.5 Å². The summed E-state index contributed by atoms with van der Waals surface area (Å²) in [5, 5.41) is 25.9. The molecule has 2 rings (SSSR count). The summed E-state index contributed by atoms with van der Waals surface area (Å²) in [7, 11) is 2.97. The van der Waals surface area contributed by atoms with Crippen LogP contribution in [0.15, 0.2) is 102 Å². The van der Waals surface area contributed by atoms with Gasteiger partial charge >= 0.3 is 0 Å². The lowest BCUT2D eigenvalue weighted by Crippen LogP contribution is -2.63. The molecule has 49 heavy (non-hydrogen) atoms. The van der Waals surface area contributed by atoms with Crippen LogP contribution in [0.25, 0.3) is 0 Å². The van der Waals surface area contributed by atoms with Gasteiger partial charge in [0.2, 0.25) is 17.5 Å². The molecule has 1 aliphatic rings. The van der Waals surface area contributed by atoms with Crippen LogP contribution in [-0.4, -0.2) is 103 Å². The van der Waals surface area contributed by atoms with Crippen molar-refractivity contribution in [1.82, 2.24) is 20.5 Å². The van der Waals surface area contributed by atoms with Gasteiger partial charge in [-0.25, -0.2) is 4.98 Å². The van der Waals surface area contributed by atoms with Crippen molar-refractivity contribution in [3.05, 3.63) is 103 Å². The van der Waals surface area contributed by atoms with Crippen molar-refractivity contribution in [1.29, 1.82) is 0 Å². The second kappa shape index (κ2) is 20.9. The van der Waals surface area contributed by atoms with Gasteiger partial charge in [-0.15, -0.1) is 0 Å². The largest absolute Gasteiger partial charge is 0.448 e. The topological polar surface area (TPSA) is 173 Å². The van der Waals surface area contributed by atoms with Crippen LogP contribution in [0.5, 0.6) is 0 Å². The summed E-state index contributed by atoms with van der Waals surface area (Å²) in [6, 6.07) is -0.651. The first-order valence-electron chi connectivity index (χ1n) is 15.8. The van der Waals surface area contributed by atoms with E-state index in [1.807, 2.05) is 18.2 Å². The highest BCUT2D eigenvalue weighted by Gasteiger charge is 2.48. The fraction of sp³-hybridized carbons (Fsp3) is 0.444. The van der Waals surface area contributed by atoms with E-state index in [0.29, 0.717) is 12.0 Å². The average molecular weight is 683 g/mol. The minimum atomic E-state index is -1.72. The maximum atomic E-state index is 13.2. The van der Waals surface area contributed by atoms with Gasteiger partial charge in [-0.05, 0) is 33.3 Å². The lowest BCUT2D eigenvalue weighted by molar-refractivity contribution is -0.162. The molecular weight excluding hydrogens is 632 g/mol. The first-order valence-corrected chi connectivity index (χ1v) is 15.8. The standard InChI is InChI=1S/C36H50N4O9/c1-27(18-14-11-12-15-19-29-22-37-25-48-29)32(43)35(3,4)33(44)38-21-17-13-9-7-8-10-16-20-31(42)39-36(24-47-26-49-36)34(45)40(5)30(23-41)28(2)46-6/h7-18,20,22,25,28,30,32,41,43H,19,21,23-24,26H2,1-6H3,(H,38,44)(H,39,42). The van der Waals surface area contributed by atoms with E-state index in [1.54, 1.807) is 82.5 Å². The minimum absolute atomic E-state index is 0.171. The van der Waals surface area contributed by atoms with Crippen molar-refractivity contribution in [2.75, 3.05) is 40.7 Å². The number of allylic oxidation sites excluding steroid dienone is 11. The summed E-state index contributed by atoms with van der Waals surface area (Å²) in [5.41, 5.74) is -2.12. The molecule has 1 aliphatic heterocycles. The van der Waals surface area contributed by atoms with Crippen molar-refractivity contribution in [2.45, 2.75) is 58.1 Å². The van der Waals surface area contributed by atoms with E-state index < -0.39 is 41.2 Å². The maximum Gasteiger partial charge on any atom is 0.278 e. The molecule has 1 aromatic heterocycles. The number of carbonyl (C=O) groups excluding carboxylic acids is 3. The number of nitrogens with one attached hydrogen (secondary N) is 2. The van der Waals surface area contributed by atoms with Crippen LogP contribution < -0.4 is 10.6 Å². The number of carbonyl (C=O) groups is 3. The van der Waals surface area contributed by atoms with Gasteiger partial charge in [-0.3, -0.25) is 14.4 Å². The molecule has 0 aromatic carbocycles. The van der Waals surface area contributed by atoms with E-state index in [4.69, 9.17) is 18.6 Å². The van der Waals surface area contributed by atoms with E-state index in [9.17, 15) is 24.6 Å². The smallest absolute Gasteiger partial charge is 0.278 e. The molecule has 0 spiro atoms. The van der Waals surface area contributed by atoms with E-state index in [2.05, 4.69) is 15.6 Å². The first kappa shape index (κ1) is 40.8. The summed E-state index contributed by atoms with van der Waals surface area (Å²) in [6.07, 6.45) is 24.5. The Bertz CT molecular complexity index is 1400. The number of hydrogen-bond acceptors (Lipinski definition) is 10. The molecular formula is C36H50N4O9. The Kier molecular flexibility index (Phi) is 17.4. The zero-order valence-electron chi connectivity index (χ0n) is 29.1. The van der Waals surface area contributed by atoms with Gasteiger partial charge < -0.3 is 44.4 Å². The first-order chi connectivity index (χ1) is 23.4. The predicted molar refractivity (Wildman–Crippen MR) is 184 cm³/mol. The van der Waals surface area contributed by atoms with Crippen molar-refractivity contribution in [2.24, 2.45) is 5.41 Å². The molecule has 13 heteroatoms. The molecule has 3 amide bonds. The lowest BCUT2D eigenvalue weighted by Gasteiger charge is -2.36. The molecule has 4 N–H and O–H groups in total. The lowest BCUT2D eigenvalue weighted by atomic mass is 9.81. The zero-order valence-corrected chi connectivity index (χ0v) is 29.1. The van der Waals surface area contributed by atoms with E-state index in [-0.39, 0.29) is 32.5 Å². The highest BCUT2D eigenvalue weighted by atomic mass is 16.7. The van der Waals surface area contributed by atoms with Gasteiger partial charge in [0.15, 0.2) is 13.2 Å². The number of nitrogens with zero attached hydrogens (tertiary/aromatic N) is 2. The molecule has 1 fully saturated rings. The summed E-state index contributed by atoms with van der Waals surface area (Å²) in [4.78, 5) is 43.7.